The van der Waals surface area contributed by atoms with Crippen LogP contribution in [0.15, 0.2) is 0 Å². The number of thiocarbonyl (C=S) groups is 1. The summed E-state index contributed by atoms with van der Waals surface area (Å²) in [7, 11) is -3.39. The second kappa shape index (κ2) is 6.18. The van der Waals surface area contributed by atoms with Crippen LogP contribution in [-0.2, 0) is 10.0 Å². The van der Waals surface area contributed by atoms with Crippen molar-refractivity contribution < 1.29 is 8.42 Å². The lowest BCUT2D eigenvalue weighted by atomic mass is 10.2. The van der Waals surface area contributed by atoms with Crippen LogP contribution in [0.1, 0.15) is 26.2 Å². The lowest BCUT2D eigenvalue weighted by molar-refractivity contribution is 0.572. The van der Waals surface area contributed by atoms with Gasteiger partial charge in [0.1, 0.15) is 5.25 Å². The zero-order valence-electron chi connectivity index (χ0n) is 9.31. The van der Waals surface area contributed by atoms with Gasteiger partial charge >= 0.3 is 0 Å². The second-order valence-corrected chi connectivity index (χ2v) is 7.66. The van der Waals surface area contributed by atoms with Crippen molar-refractivity contribution in [1.29, 1.82) is 0 Å². The van der Waals surface area contributed by atoms with E-state index in [1.165, 1.54) is 6.42 Å². The highest BCUT2D eigenvalue weighted by atomic mass is 32.2. The van der Waals surface area contributed by atoms with Crippen molar-refractivity contribution in [2.24, 2.45) is 5.73 Å². The molecule has 1 rings (SSSR count). The van der Waals surface area contributed by atoms with E-state index >= 15 is 0 Å². The van der Waals surface area contributed by atoms with Gasteiger partial charge in [-0.25, -0.2) is 13.1 Å². The quantitative estimate of drug-likeness (QED) is 0.707. The maximum Gasteiger partial charge on any atom is 0.221 e. The van der Waals surface area contributed by atoms with E-state index in [2.05, 4.69) is 4.72 Å². The Morgan fingerprint density at radius 1 is 1.69 bits per heavy atom. The van der Waals surface area contributed by atoms with E-state index in [0.717, 1.165) is 12.2 Å². The molecule has 0 bridgehead atoms. The van der Waals surface area contributed by atoms with E-state index in [4.69, 9.17) is 18.0 Å². The van der Waals surface area contributed by atoms with Crippen LogP contribution in [-0.4, -0.2) is 36.2 Å². The molecule has 1 aliphatic heterocycles. The summed E-state index contributed by atoms with van der Waals surface area (Å²) < 4.78 is 26.4. The van der Waals surface area contributed by atoms with E-state index in [1.807, 2.05) is 11.8 Å². The van der Waals surface area contributed by atoms with Gasteiger partial charge in [0.25, 0.3) is 0 Å². The van der Waals surface area contributed by atoms with Crippen LogP contribution >= 0.6 is 24.0 Å². The Bertz CT molecular complexity index is 337. The lowest BCUT2D eigenvalue weighted by Crippen LogP contribution is -2.43. The van der Waals surface area contributed by atoms with Crippen LogP contribution in [0.3, 0.4) is 0 Å². The minimum Gasteiger partial charge on any atom is -0.392 e. The van der Waals surface area contributed by atoms with Gasteiger partial charge in [0.2, 0.25) is 10.0 Å². The molecule has 4 nitrogen and oxygen atoms in total. The molecular formula is C9H18N2O2S3. The van der Waals surface area contributed by atoms with Crippen molar-refractivity contribution in [2.45, 2.75) is 36.7 Å². The molecule has 7 heteroatoms. The summed E-state index contributed by atoms with van der Waals surface area (Å²) in [6, 6.07) is 0. The van der Waals surface area contributed by atoms with Gasteiger partial charge in [-0.3, -0.25) is 0 Å². The van der Waals surface area contributed by atoms with Crippen molar-refractivity contribution in [1.82, 2.24) is 4.72 Å². The van der Waals surface area contributed by atoms with Crippen molar-refractivity contribution in [3.63, 3.8) is 0 Å². The second-order valence-electron chi connectivity index (χ2n) is 3.83. The zero-order chi connectivity index (χ0) is 12.2. The Kier molecular flexibility index (Phi) is 5.49. The summed E-state index contributed by atoms with van der Waals surface area (Å²) >= 11 is 6.59. The summed E-state index contributed by atoms with van der Waals surface area (Å²) in [6.45, 7) is 2.26. The van der Waals surface area contributed by atoms with Crippen LogP contribution in [0.2, 0.25) is 0 Å². The number of rotatable bonds is 6. The summed E-state index contributed by atoms with van der Waals surface area (Å²) in [6.07, 6.45) is 2.67. The third kappa shape index (κ3) is 3.87. The minimum atomic E-state index is -3.39. The molecular weight excluding hydrogens is 264 g/mol. The van der Waals surface area contributed by atoms with Crippen molar-refractivity contribution in [2.75, 3.05) is 12.3 Å². The van der Waals surface area contributed by atoms with Gasteiger partial charge in [-0.05, 0) is 25.0 Å². The summed E-state index contributed by atoms with van der Waals surface area (Å²) in [5, 5.41) is -0.340. The Hall–Kier alpha value is 0.150. The number of hydrogen-bond donors (Lipinski definition) is 2. The first kappa shape index (κ1) is 14.2. The Labute approximate surface area is 107 Å². The number of sulfonamides is 1. The van der Waals surface area contributed by atoms with Crippen molar-refractivity contribution >= 4 is 39.0 Å². The van der Waals surface area contributed by atoms with Crippen LogP contribution in [0.25, 0.3) is 0 Å². The fourth-order valence-corrected chi connectivity index (χ4v) is 4.92. The summed E-state index contributed by atoms with van der Waals surface area (Å²) in [5.74, 6) is 1.12. The molecule has 0 aromatic rings. The highest BCUT2D eigenvalue weighted by Crippen LogP contribution is 2.25. The number of hydrogen-bond acceptors (Lipinski definition) is 4. The van der Waals surface area contributed by atoms with E-state index in [-0.39, 0.29) is 4.99 Å². The number of nitrogens with one attached hydrogen (secondary N) is 1. The van der Waals surface area contributed by atoms with Gasteiger partial charge in [-0.1, -0.05) is 19.1 Å². The summed E-state index contributed by atoms with van der Waals surface area (Å²) in [4.78, 5) is 0.0501. The molecule has 3 N–H and O–H groups in total. The van der Waals surface area contributed by atoms with Crippen molar-refractivity contribution in [3.05, 3.63) is 0 Å². The first-order valence-corrected chi connectivity index (χ1v) is 8.37. The highest BCUT2D eigenvalue weighted by molar-refractivity contribution is 8.00. The molecule has 1 fully saturated rings. The third-order valence-electron chi connectivity index (χ3n) is 2.60. The molecule has 0 aromatic carbocycles. The van der Waals surface area contributed by atoms with Crippen LogP contribution < -0.4 is 10.5 Å². The summed E-state index contributed by atoms with van der Waals surface area (Å²) in [5.41, 5.74) is 5.42. The van der Waals surface area contributed by atoms with Gasteiger partial charge < -0.3 is 5.73 Å². The Morgan fingerprint density at radius 2 is 2.38 bits per heavy atom. The van der Waals surface area contributed by atoms with Gasteiger partial charge in [0.15, 0.2) is 0 Å². The molecule has 0 aliphatic carbocycles. The average Bonchev–Trinajstić information content (AvgIpc) is 2.67. The third-order valence-corrected chi connectivity index (χ3v) is 6.34. The smallest absolute Gasteiger partial charge is 0.221 e. The molecule has 1 saturated heterocycles. The van der Waals surface area contributed by atoms with E-state index in [1.54, 1.807) is 6.92 Å². The topological polar surface area (TPSA) is 72.2 Å². The zero-order valence-corrected chi connectivity index (χ0v) is 11.8. The van der Waals surface area contributed by atoms with Crippen molar-refractivity contribution in [3.8, 4) is 0 Å². The van der Waals surface area contributed by atoms with Crippen LogP contribution in [0.4, 0.5) is 0 Å². The Balaban J connectivity index is 2.52. The van der Waals surface area contributed by atoms with Gasteiger partial charge in [0.05, 0.1) is 4.99 Å². The fraction of sp³-hybridized carbons (Fsp3) is 0.889. The standard InChI is InChI=1S/C9H18N2O2S3/c1-2-8(9(10)14)16(12,13)11-6-7-4-3-5-15-7/h7-8,11H,2-6H2,1H3,(H2,10,14). The molecule has 0 radical (unpaired) electrons. The normalized spacial score (nSPS) is 23.2. The maximum absolute atomic E-state index is 11.9. The van der Waals surface area contributed by atoms with E-state index in [9.17, 15) is 8.42 Å². The molecule has 94 valence electrons. The molecule has 0 aromatic heterocycles. The predicted octanol–water partition coefficient (Wildman–Crippen LogP) is 0.866. The molecule has 1 heterocycles. The molecule has 2 atom stereocenters. The predicted molar refractivity (Wildman–Crippen MR) is 73.3 cm³/mol. The van der Waals surface area contributed by atoms with Crippen LogP contribution in [0, 0.1) is 0 Å². The average molecular weight is 282 g/mol. The molecule has 2 unspecified atom stereocenters. The largest absolute Gasteiger partial charge is 0.392 e. The van der Waals surface area contributed by atoms with Gasteiger partial charge in [-0.2, -0.15) is 11.8 Å². The minimum absolute atomic E-state index is 0.0501. The lowest BCUT2D eigenvalue weighted by Gasteiger charge is -2.17. The maximum atomic E-state index is 11.9. The monoisotopic (exact) mass is 282 g/mol. The van der Waals surface area contributed by atoms with Gasteiger partial charge in [0, 0.05) is 11.8 Å². The molecule has 16 heavy (non-hydrogen) atoms. The SMILES string of the molecule is CCC(C(N)=S)S(=O)(=O)NCC1CCCS1. The Morgan fingerprint density at radius 3 is 2.81 bits per heavy atom. The molecule has 0 saturated carbocycles. The van der Waals surface area contributed by atoms with E-state index < -0.39 is 15.3 Å². The number of thioether (sulfide) groups is 1. The highest BCUT2D eigenvalue weighted by Gasteiger charge is 2.27. The first-order chi connectivity index (χ1) is 7.47. The van der Waals surface area contributed by atoms with E-state index in [0.29, 0.717) is 18.2 Å². The molecule has 1 aliphatic rings. The van der Waals surface area contributed by atoms with Gasteiger partial charge in [-0.15, -0.1) is 0 Å². The first-order valence-electron chi connectivity index (χ1n) is 5.36. The van der Waals surface area contributed by atoms with Crippen LogP contribution in [0.5, 0.6) is 0 Å². The molecule has 0 spiro atoms. The molecule has 0 amide bonds. The number of nitrogens with two attached hydrogens (primary N) is 1. The fourth-order valence-electron chi connectivity index (χ4n) is 1.69.